The van der Waals surface area contributed by atoms with Crippen LogP contribution in [0.1, 0.15) is 52.0 Å². The van der Waals surface area contributed by atoms with Crippen LogP contribution in [0.2, 0.25) is 10.0 Å². The molecule has 54 heavy (non-hydrogen) atoms. The third-order valence-corrected chi connectivity index (χ3v) is 11.2. The first-order valence-electron chi connectivity index (χ1n) is 17.4. The number of carboxylic acids is 1. The maximum absolute atomic E-state index is 15.9. The summed E-state index contributed by atoms with van der Waals surface area (Å²) in [5.41, 5.74) is 3.51. The number of morpholine rings is 1. The van der Waals surface area contributed by atoms with E-state index in [1.54, 1.807) is 17.0 Å². The summed E-state index contributed by atoms with van der Waals surface area (Å²) >= 11 is 13.5. The van der Waals surface area contributed by atoms with Crippen molar-refractivity contribution in [2.45, 2.75) is 62.6 Å². The van der Waals surface area contributed by atoms with Crippen LogP contribution >= 0.6 is 23.2 Å². The number of hydrogen-bond acceptors (Lipinski definition) is 9. The van der Waals surface area contributed by atoms with Crippen molar-refractivity contribution < 1.29 is 51.3 Å². The van der Waals surface area contributed by atoms with E-state index in [-0.39, 0.29) is 42.4 Å². The number of fused-ring (bicyclic) bond motifs is 6. The average molecular weight is 796 g/mol. The summed E-state index contributed by atoms with van der Waals surface area (Å²) in [7, 11) is 1.30. The van der Waals surface area contributed by atoms with E-state index in [1.807, 2.05) is 24.3 Å². The highest BCUT2D eigenvalue weighted by molar-refractivity contribution is 6.40. The number of ether oxygens (including phenoxy) is 3. The van der Waals surface area contributed by atoms with Crippen molar-refractivity contribution in [1.29, 1.82) is 0 Å². The molecular formula is C37H36Cl2F4N4O7. The second kappa shape index (κ2) is 15.1. The number of amides is 1. The third kappa shape index (κ3) is 7.26. The average Bonchev–Trinajstić information content (AvgIpc) is 3.40. The number of piperidine rings is 2. The van der Waals surface area contributed by atoms with Crippen molar-refractivity contribution in [2.24, 2.45) is 0 Å². The molecule has 6 aliphatic heterocycles. The molecule has 9 rings (SSSR count). The predicted octanol–water partition coefficient (Wildman–Crippen LogP) is 6.52. The van der Waals surface area contributed by atoms with Crippen molar-refractivity contribution >= 4 is 52.4 Å². The predicted molar refractivity (Wildman–Crippen MR) is 191 cm³/mol. The standard InChI is InChI=1S/C35H35Cl2FN4O5.C2HF3O2/c1-45-35(44)27-11-30(38)26(12-31(27)42-22-7-8-23(42)17-46-16-22)25-4-2-3-19-14-40(18-47-33(19)25)34(43)32-28(36)9-24(10-29(32)37)41-15-20-5-6-21(41)13-39-20;3-2(4,5)1(6)7/h2-4,9-12,20-23,39H,5-8,13-18H2,1H3;(H,6,7)/t20-,21?,22?,23?;/m0./s1. The number of nitrogens with one attached hydrogen (secondary N) is 1. The normalized spacial score (nSPS) is 22.9. The maximum Gasteiger partial charge on any atom is 0.490 e. The van der Waals surface area contributed by atoms with Crippen molar-refractivity contribution in [1.82, 2.24) is 10.2 Å². The van der Waals surface area contributed by atoms with Gasteiger partial charge in [-0.15, -0.1) is 0 Å². The molecule has 4 bridgehead atoms. The summed E-state index contributed by atoms with van der Waals surface area (Å²) < 4.78 is 64.6. The number of methoxy groups -OCH3 is 1. The second-order valence-corrected chi connectivity index (χ2v) is 14.6. The smallest absolute Gasteiger partial charge is 0.475 e. The van der Waals surface area contributed by atoms with E-state index in [0.717, 1.165) is 44.5 Å². The molecule has 288 valence electrons. The zero-order valence-electron chi connectivity index (χ0n) is 28.9. The second-order valence-electron chi connectivity index (χ2n) is 13.8. The highest BCUT2D eigenvalue weighted by Gasteiger charge is 2.41. The quantitative estimate of drug-likeness (QED) is 0.218. The topological polar surface area (TPSA) is 121 Å². The van der Waals surface area contributed by atoms with E-state index in [2.05, 4.69) is 15.1 Å². The van der Waals surface area contributed by atoms with Crippen LogP contribution in [-0.2, 0) is 20.8 Å². The lowest BCUT2D eigenvalue weighted by Gasteiger charge is -2.47. The van der Waals surface area contributed by atoms with Crippen LogP contribution in [0.4, 0.5) is 28.9 Å². The molecule has 2 N–H and O–H groups in total. The van der Waals surface area contributed by atoms with Gasteiger partial charge in [-0.05, 0) is 49.9 Å². The fraction of sp³-hybridized carbons (Fsp3) is 0.432. The molecule has 0 aromatic heterocycles. The van der Waals surface area contributed by atoms with Gasteiger partial charge in [0, 0.05) is 47.6 Å². The monoisotopic (exact) mass is 794 g/mol. The summed E-state index contributed by atoms with van der Waals surface area (Å²) in [5.74, 6) is -3.78. The number of aliphatic carboxylic acids is 1. The van der Waals surface area contributed by atoms with Crippen LogP contribution in [0.3, 0.4) is 0 Å². The number of rotatable bonds is 5. The van der Waals surface area contributed by atoms with Gasteiger partial charge in [0.1, 0.15) is 11.6 Å². The fourth-order valence-electron chi connectivity index (χ4n) is 8.01. The first kappa shape index (κ1) is 38.0. The lowest BCUT2D eigenvalue weighted by molar-refractivity contribution is -0.192. The molecule has 3 unspecified atom stereocenters. The highest BCUT2D eigenvalue weighted by atomic mass is 35.5. The van der Waals surface area contributed by atoms with Crippen LogP contribution in [0.5, 0.6) is 5.75 Å². The Labute approximate surface area is 317 Å². The molecule has 17 heteroatoms. The Balaban J connectivity index is 0.000000588. The van der Waals surface area contributed by atoms with Crippen LogP contribution in [0.15, 0.2) is 42.5 Å². The van der Waals surface area contributed by atoms with Crippen molar-refractivity contribution in [3.8, 4) is 16.9 Å². The van der Waals surface area contributed by atoms with Crippen LogP contribution in [0.25, 0.3) is 11.1 Å². The van der Waals surface area contributed by atoms with Gasteiger partial charge in [-0.2, -0.15) is 13.2 Å². The summed E-state index contributed by atoms with van der Waals surface area (Å²) in [6.45, 7) is 3.05. The molecule has 6 heterocycles. The molecular weight excluding hydrogens is 759 g/mol. The summed E-state index contributed by atoms with van der Waals surface area (Å²) in [4.78, 5) is 41.6. The van der Waals surface area contributed by atoms with Crippen LogP contribution in [0, 0.1) is 5.82 Å². The molecule has 1 amide bonds. The third-order valence-electron chi connectivity index (χ3n) is 10.6. The Morgan fingerprint density at radius 1 is 0.963 bits per heavy atom. The van der Waals surface area contributed by atoms with Gasteiger partial charge in [0.25, 0.3) is 5.91 Å². The Morgan fingerprint density at radius 2 is 1.63 bits per heavy atom. The van der Waals surface area contributed by atoms with Gasteiger partial charge >= 0.3 is 18.1 Å². The number of carboxylic acid groups (broad SMARTS) is 1. The number of halogens is 6. The molecule has 5 saturated heterocycles. The molecule has 11 nitrogen and oxygen atoms in total. The summed E-state index contributed by atoms with van der Waals surface area (Å²) in [6, 6.07) is 13.1. The Hall–Kier alpha value is -4.31. The number of alkyl halides is 3. The minimum absolute atomic E-state index is 0.0683. The zero-order valence-corrected chi connectivity index (χ0v) is 30.4. The first-order chi connectivity index (χ1) is 25.7. The number of hydrogen-bond donors (Lipinski definition) is 2. The van der Waals surface area contributed by atoms with Gasteiger partial charge in [-0.1, -0.05) is 41.4 Å². The van der Waals surface area contributed by atoms with Gasteiger partial charge in [-0.25, -0.2) is 14.0 Å². The van der Waals surface area contributed by atoms with E-state index >= 15 is 4.39 Å². The molecule has 0 spiro atoms. The summed E-state index contributed by atoms with van der Waals surface area (Å²) in [5, 5.41) is 11.3. The number of benzene rings is 3. The van der Waals surface area contributed by atoms with E-state index < -0.39 is 23.9 Å². The fourth-order valence-corrected chi connectivity index (χ4v) is 8.64. The van der Waals surface area contributed by atoms with Crippen LogP contribution < -0.4 is 19.9 Å². The Morgan fingerprint density at radius 3 is 2.20 bits per heavy atom. The number of para-hydroxylation sites is 1. The lowest BCUT2D eigenvalue weighted by atomic mass is 9.92. The number of carbonyl (C=O) groups is 3. The highest BCUT2D eigenvalue weighted by Crippen LogP contribution is 2.44. The number of esters is 1. The molecule has 5 fully saturated rings. The molecule has 6 aliphatic rings. The van der Waals surface area contributed by atoms with Crippen molar-refractivity contribution in [3.05, 3.63) is 75.0 Å². The number of carbonyl (C=O) groups excluding carboxylic acids is 2. The Bertz CT molecular complexity index is 1940. The summed E-state index contributed by atoms with van der Waals surface area (Å²) in [6.07, 6.45) is -0.966. The van der Waals surface area contributed by atoms with E-state index in [0.29, 0.717) is 63.5 Å². The van der Waals surface area contributed by atoms with E-state index in [9.17, 15) is 22.8 Å². The van der Waals surface area contributed by atoms with Gasteiger partial charge in [-0.3, -0.25) is 4.79 Å². The van der Waals surface area contributed by atoms with E-state index in [1.165, 1.54) is 13.2 Å². The number of piperazine rings is 1. The molecule has 3 aromatic rings. The largest absolute Gasteiger partial charge is 0.490 e. The molecule has 0 saturated carbocycles. The van der Waals surface area contributed by atoms with Gasteiger partial charge in [0.2, 0.25) is 0 Å². The number of nitrogens with zero attached hydrogens (tertiary/aromatic N) is 3. The molecule has 0 aliphatic carbocycles. The first-order valence-corrected chi connectivity index (χ1v) is 18.1. The van der Waals surface area contributed by atoms with Gasteiger partial charge < -0.3 is 39.3 Å². The minimum Gasteiger partial charge on any atom is -0.475 e. The molecule has 0 radical (unpaired) electrons. The lowest BCUT2D eigenvalue weighted by Crippen LogP contribution is -2.61. The number of anilines is 2. The van der Waals surface area contributed by atoms with Crippen LogP contribution in [-0.4, -0.2) is 98.3 Å². The minimum atomic E-state index is -5.08. The maximum atomic E-state index is 15.9. The van der Waals surface area contributed by atoms with Gasteiger partial charge in [0.15, 0.2) is 6.73 Å². The van der Waals surface area contributed by atoms with Crippen molar-refractivity contribution in [3.63, 3.8) is 0 Å². The SMILES string of the molecule is COC(=O)c1cc(F)c(-c2cccc3c2OCN(C(=O)c2c(Cl)cc(N4C[C@@H]5CCC4CN5)cc2Cl)C3)cc1N1C2CCC1COC2.O=C(O)C(F)(F)F. The van der Waals surface area contributed by atoms with Gasteiger partial charge in [0.05, 0.1) is 65.8 Å². The van der Waals surface area contributed by atoms with E-state index in [4.69, 9.17) is 47.3 Å². The van der Waals surface area contributed by atoms with Crippen molar-refractivity contribution in [2.75, 3.05) is 49.9 Å². The Kier molecular flexibility index (Phi) is 10.6. The molecule has 4 atom stereocenters. The molecule has 3 aromatic carbocycles. The zero-order chi connectivity index (χ0) is 38.5.